The molecular weight excluding hydrogens is 231 g/mol. The van der Waals surface area contributed by atoms with E-state index in [9.17, 15) is 0 Å². The van der Waals surface area contributed by atoms with E-state index in [1.165, 1.54) is 0 Å². The zero-order chi connectivity index (χ0) is 6.50. The molecule has 0 aromatic heterocycles. The summed E-state index contributed by atoms with van der Waals surface area (Å²) in [5, 5.41) is 12.0. The van der Waals surface area contributed by atoms with E-state index in [4.69, 9.17) is 28.0 Å². The van der Waals surface area contributed by atoms with E-state index in [2.05, 4.69) is 0 Å². The van der Waals surface area contributed by atoms with Crippen molar-refractivity contribution < 1.29 is 74.6 Å². The Morgan fingerprint density at radius 2 is 1.00 bits per heavy atom. The fraction of sp³-hybridized carbons (Fsp3) is 0. The van der Waals surface area contributed by atoms with E-state index in [1.807, 2.05) is 0 Å². The molecule has 0 unspecified atom stereocenters. The van der Waals surface area contributed by atoms with Crippen LogP contribution in [-0.4, -0.2) is 28.0 Å². The van der Waals surface area contributed by atoms with Gasteiger partial charge in [0.2, 0.25) is 0 Å². The molecule has 0 heterocycles. The Morgan fingerprint density at radius 3 is 1.00 bits per heavy atom. The Bertz CT molecular complexity index is 96.2. The van der Waals surface area contributed by atoms with Gasteiger partial charge < -0.3 is 17.0 Å². The third-order valence-electron chi connectivity index (χ3n) is 0. The molecule has 0 atom stereocenters. The summed E-state index contributed by atoms with van der Waals surface area (Å²) in [6.07, 6.45) is 0. The van der Waals surface area contributed by atoms with Crippen molar-refractivity contribution >= 4 is 10.4 Å². The molecule has 0 spiro atoms. The summed E-state index contributed by atoms with van der Waals surface area (Å²) in [4.78, 5) is 0. The Morgan fingerprint density at radius 1 is 1.00 bits per heavy atom. The van der Waals surface area contributed by atoms with Crippen molar-refractivity contribution in [2.45, 2.75) is 0 Å². The molecule has 0 aromatic rings. The van der Waals surface area contributed by atoms with E-state index < -0.39 is 10.4 Å². The first-order valence-corrected chi connectivity index (χ1v) is 2.30. The van der Waals surface area contributed by atoms with Crippen molar-refractivity contribution in [2.75, 3.05) is 0 Å². The molecule has 0 rings (SSSR count). The maximum absolute atomic E-state index is 8.74. The molecule has 0 saturated carbocycles. The van der Waals surface area contributed by atoms with Crippen LogP contribution in [0.4, 0.5) is 0 Å². The fourth-order valence-corrected chi connectivity index (χ4v) is 0. The maximum atomic E-state index is 8.74. The summed E-state index contributed by atoms with van der Waals surface area (Å²) in [6.45, 7) is 0. The molecule has 0 saturated heterocycles. The molecule has 9 heavy (non-hydrogen) atoms. The summed E-state index contributed by atoms with van der Waals surface area (Å²) >= 11 is 0. The predicted molar refractivity (Wildman–Crippen MR) is 19.4 cm³/mol. The van der Waals surface area contributed by atoms with Crippen LogP contribution in [0.15, 0.2) is 0 Å². The SMILES string of the molecule is O=S(=O)(O)O.OO.[Br-].[Na+]. The number of hydrogen-bond donors (Lipinski definition) is 4. The van der Waals surface area contributed by atoms with Crippen molar-refractivity contribution in [3.63, 3.8) is 0 Å². The molecule has 54 valence electrons. The monoisotopic (exact) mass is 234 g/mol. The van der Waals surface area contributed by atoms with Gasteiger partial charge in [0.05, 0.1) is 0 Å². The van der Waals surface area contributed by atoms with Crippen LogP contribution < -0.4 is 46.5 Å². The normalized spacial score (nSPS) is 7.11. The van der Waals surface area contributed by atoms with Crippen LogP contribution in [-0.2, 0) is 10.4 Å². The van der Waals surface area contributed by atoms with E-state index in [0.717, 1.165) is 0 Å². The third kappa shape index (κ3) is 304. The van der Waals surface area contributed by atoms with Gasteiger partial charge in [-0.05, 0) is 0 Å². The van der Waals surface area contributed by atoms with Crippen LogP contribution in [0.1, 0.15) is 0 Å². The van der Waals surface area contributed by atoms with Gasteiger partial charge in [-0.15, -0.1) is 0 Å². The first-order chi connectivity index (χ1) is 3.00. The standard InChI is InChI=1S/BrH.Na.H2O4S.H2O2/c;;1-5(2,3)4;1-2/h1H;;(H2,1,2,3,4);1-2H/q;+1;;/p-1. The van der Waals surface area contributed by atoms with Crippen LogP contribution in [0.3, 0.4) is 0 Å². The maximum Gasteiger partial charge on any atom is 1.00 e. The zero-order valence-corrected chi connectivity index (χ0v) is 8.79. The van der Waals surface area contributed by atoms with Crippen molar-refractivity contribution in [1.82, 2.24) is 0 Å². The fourth-order valence-electron chi connectivity index (χ4n) is 0. The molecule has 0 bridgehead atoms. The molecule has 0 aliphatic rings. The van der Waals surface area contributed by atoms with Crippen LogP contribution in [0.2, 0.25) is 0 Å². The van der Waals surface area contributed by atoms with Gasteiger partial charge in [0, 0.05) is 0 Å². The average molecular weight is 235 g/mol. The van der Waals surface area contributed by atoms with Crippen LogP contribution in [0, 0.1) is 0 Å². The smallest absolute Gasteiger partial charge is 1.00 e. The van der Waals surface area contributed by atoms with Crippen molar-refractivity contribution in [3.05, 3.63) is 0 Å². The summed E-state index contributed by atoms with van der Waals surface area (Å²) in [6, 6.07) is 0. The third-order valence-corrected chi connectivity index (χ3v) is 0. The second-order valence-corrected chi connectivity index (χ2v) is 1.34. The molecule has 4 N–H and O–H groups in total. The van der Waals surface area contributed by atoms with Gasteiger partial charge in [-0.3, -0.25) is 19.6 Å². The van der Waals surface area contributed by atoms with Crippen molar-refractivity contribution in [3.8, 4) is 0 Å². The topological polar surface area (TPSA) is 115 Å². The summed E-state index contributed by atoms with van der Waals surface area (Å²) in [5.74, 6) is 0. The molecule has 0 aromatic carbocycles. The van der Waals surface area contributed by atoms with Gasteiger partial charge in [-0.25, -0.2) is 0 Å². The summed E-state index contributed by atoms with van der Waals surface area (Å²) < 4.78 is 31.6. The molecular formula is H4BrNaO6S. The van der Waals surface area contributed by atoms with Gasteiger partial charge in [-0.1, -0.05) is 0 Å². The minimum absolute atomic E-state index is 0. The van der Waals surface area contributed by atoms with E-state index in [-0.39, 0.29) is 46.5 Å². The van der Waals surface area contributed by atoms with Gasteiger partial charge in [0.1, 0.15) is 0 Å². The Hall–Kier alpha value is 1.27. The van der Waals surface area contributed by atoms with Gasteiger partial charge in [0.15, 0.2) is 0 Å². The number of rotatable bonds is 0. The van der Waals surface area contributed by atoms with Crippen LogP contribution >= 0.6 is 0 Å². The summed E-state index contributed by atoms with van der Waals surface area (Å²) in [7, 11) is -4.67. The second-order valence-electron chi connectivity index (χ2n) is 0.448. The molecule has 9 heteroatoms. The Labute approximate surface area is 84.5 Å². The molecule has 0 amide bonds. The van der Waals surface area contributed by atoms with E-state index >= 15 is 0 Å². The molecule has 6 nitrogen and oxygen atoms in total. The van der Waals surface area contributed by atoms with E-state index in [1.54, 1.807) is 0 Å². The quantitative estimate of drug-likeness (QED) is 0.143. The first kappa shape index (κ1) is 22.4. The largest absolute Gasteiger partial charge is 1.00 e. The average Bonchev–Trinajstić information content (AvgIpc) is 1.36. The second kappa shape index (κ2) is 12.0. The van der Waals surface area contributed by atoms with Crippen molar-refractivity contribution in [2.24, 2.45) is 0 Å². The van der Waals surface area contributed by atoms with Crippen LogP contribution in [0.25, 0.3) is 0 Å². The number of halogens is 1. The minimum Gasteiger partial charge on any atom is -1.00 e. The Kier molecular flexibility index (Phi) is 29.9. The molecule has 0 fully saturated rings. The van der Waals surface area contributed by atoms with Gasteiger partial charge in [-0.2, -0.15) is 8.42 Å². The van der Waals surface area contributed by atoms with Gasteiger partial charge >= 0.3 is 40.0 Å². The Balaban J connectivity index is -0.0000000286. The first-order valence-electron chi connectivity index (χ1n) is 0.898. The van der Waals surface area contributed by atoms with Crippen LogP contribution in [0.5, 0.6) is 0 Å². The summed E-state index contributed by atoms with van der Waals surface area (Å²) in [5.41, 5.74) is 0. The van der Waals surface area contributed by atoms with Gasteiger partial charge in [0.25, 0.3) is 0 Å². The van der Waals surface area contributed by atoms with E-state index in [0.29, 0.717) is 0 Å². The predicted octanol–water partition coefficient (Wildman–Crippen LogP) is -6.63. The zero-order valence-electron chi connectivity index (χ0n) is 4.39. The molecule has 0 aliphatic carbocycles. The minimum atomic E-state index is -4.67. The molecule has 0 radical (unpaired) electrons. The molecule has 0 aliphatic heterocycles. The number of hydrogen-bond acceptors (Lipinski definition) is 4. The van der Waals surface area contributed by atoms with Crippen molar-refractivity contribution in [1.29, 1.82) is 0 Å².